The normalized spacial score (nSPS) is 11.4. The van der Waals surface area contributed by atoms with E-state index in [9.17, 15) is 20.2 Å². The van der Waals surface area contributed by atoms with Gasteiger partial charge in [-0.25, -0.2) is 0 Å². The standard InChI is InChI=1S/4C6H5.2NO3.O.2Sn/c4*1-2-4-6-5-3-1;2*2-1(3)4;;;/h4*1-5H;;;;;/q;;;;2*-1;;2*+1. The molecule has 0 heterocycles. The van der Waals surface area contributed by atoms with Crippen molar-refractivity contribution in [3.8, 4) is 0 Å². The summed E-state index contributed by atoms with van der Waals surface area (Å²) in [6.07, 6.45) is 0. The van der Waals surface area contributed by atoms with E-state index >= 15 is 0 Å². The Kier molecular flexibility index (Phi) is 7.88. The average molecular weight is 686 g/mol. The van der Waals surface area contributed by atoms with E-state index in [0.29, 0.717) is 14.3 Å². The van der Waals surface area contributed by atoms with Crippen LogP contribution in [0.4, 0.5) is 0 Å². The third kappa shape index (κ3) is 5.41. The summed E-state index contributed by atoms with van der Waals surface area (Å²) in [6, 6.07) is 34.5. The van der Waals surface area contributed by atoms with Crippen LogP contribution in [-0.4, -0.2) is 48.6 Å². The molecule has 0 unspecified atom stereocenters. The van der Waals surface area contributed by atoms with Crippen molar-refractivity contribution >= 4 is 52.7 Å². The molecular formula is C24H20N2O7Sn2. The summed E-state index contributed by atoms with van der Waals surface area (Å²) >= 11 is -10.5. The van der Waals surface area contributed by atoms with Crippen LogP contribution in [0.5, 0.6) is 0 Å². The van der Waals surface area contributed by atoms with Crippen molar-refractivity contribution in [2.24, 2.45) is 0 Å². The summed E-state index contributed by atoms with van der Waals surface area (Å²) in [6.45, 7) is 0. The molecule has 0 aromatic heterocycles. The third-order valence-electron chi connectivity index (χ3n) is 5.31. The monoisotopic (exact) mass is 688 g/mol. The molecule has 4 rings (SSSR count). The summed E-state index contributed by atoms with van der Waals surface area (Å²) in [5.74, 6) is 0. The van der Waals surface area contributed by atoms with Gasteiger partial charge in [-0.3, -0.25) is 0 Å². The van der Waals surface area contributed by atoms with E-state index in [4.69, 9.17) is 7.76 Å². The summed E-state index contributed by atoms with van der Waals surface area (Å²) in [5, 5.41) is 22.2. The predicted octanol–water partition coefficient (Wildman–Crippen LogP) is 1.93. The zero-order valence-corrected chi connectivity index (χ0v) is 24.0. The Morgan fingerprint density at radius 1 is 0.457 bits per heavy atom. The van der Waals surface area contributed by atoms with Gasteiger partial charge in [0.05, 0.1) is 0 Å². The fourth-order valence-corrected chi connectivity index (χ4v) is 36.3. The fourth-order valence-electron chi connectivity index (χ4n) is 3.86. The molecule has 0 saturated heterocycles. The van der Waals surface area contributed by atoms with Crippen LogP contribution in [0.3, 0.4) is 0 Å². The molecule has 0 aliphatic carbocycles. The second-order valence-electron chi connectivity index (χ2n) is 7.43. The third-order valence-corrected chi connectivity index (χ3v) is 32.8. The first-order chi connectivity index (χ1) is 17.0. The van der Waals surface area contributed by atoms with Crippen molar-refractivity contribution in [3.63, 3.8) is 0 Å². The first-order valence-corrected chi connectivity index (χ1v) is 20.9. The van der Waals surface area contributed by atoms with Crippen molar-refractivity contribution < 1.29 is 17.9 Å². The molecule has 4 aromatic rings. The predicted molar refractivity (Wildman–Crippen MR) is 133 cm³/mol. The number of nitrogens with zero attached hydrogens (tertiary/aromatic N) is 2. The average Bonchev–Trinajstić information content (AvgIpc) is 2.89. The van der Waals surface area contributed by atoms with Gasteiger partial charge in [0.25, 0.3) is 0 Å². The first kappa shape index (κ1) is 24.9. The topological polar surface area (TPSA) is 114 Å². The van der Waals surface area contributed by atoms with Crippen LogP contribution in [0.2, 0.25) is 0 Å². The summed E-state index contributed by atoms with van der Waals surface area (Å²) in [7, 11) is 0. The van der Waals surface area contributed by atoms with Gasteiger partial charge in [-0.05, 0) is 0 Å². The van der Waals surface area contributed by atoms with Crippen molar-refractivity contribution in [3.05, 3.63) is 142 Å². The summed E-state index contributed by atoms with van der Waals surface area (Å²) < 4.78 is 19.9. The van der Waals surface area contributed by atoms with Crippen LogP contribution in [0.25, 0.3) is 0 Å². The maximum atomic E-state index is 11.9. The molecule has 0 amide bonds. The van der Waals surface area contributed by atoms with Crippen LogP contribution in [0.15, 0.2) is 121 Å². The Hall–Kier alpha value is -3.16. The second-order valence-corrected chi connectivity index (χ2v) is 26.6. The molecule has 0 aliphatic heterocycles. The molecule has 35 heavy (non-hydrogen) atoms. The second kappa shape index (κ2) is 11.1. The molecule has 9 nitrogen and oxygen atoms in total. The Morgan fingerprint density at radius 2 is 0.686 bits per heavy atom. The molecule has 176 valence electrons. The van der Waals surface area contributed by atoms with E-state index in [2.05, 4.69) is 0 Å². The molecule has 0 atom stereocenters. The maximum absolute atomic E-state index is 11.9. The zero-order valence-electron chi connectivity index (χ0n) is 18.3. The molecule has 4 aromatic carbocycles. The molecule has 11 heteroatoms. The van der Waals surface area contributed by atoms with E-state index < -0.39 is 48.6 Å². The van der Waals surface area contributed by atoms with Crippen molar-refractivity contribution in [1.82, 2.24) is 0 Å². The number of rotatable bonds is 10. The molecule has 0 radical (unpaired) electrons. The summed E-state index contributed by atoms with van der Waals surface area (Å²) in [5.41, 5.74) is 0. The van der Waals surface area contributed by atoms with E-state index in [-0.39, 0.29) is 0 Å². The molecule has 0 aliphatic rings. The minimum absolute atomic E-state index is 0.490. The van der Waals surface area contributed by atoms with Crippen LogP contribution >= 0.6 is 0 Å². The zero-order chi connectivity index (χ0) is 24.7. The molecule has 0 fully saturated rings. The molecule has 0 spiro atoms. The van der Waals surface area contributed by atoms with Gasteiger partial charge < -0.3 is 0 Å². The van der Waals surface area contributed by atoms with Crippen molar-refractivity contribution in [2.45, 2.75) is 0 Å². The number of hydrogen-bond acceptors (Lipinski definition) is 7. The van der Waals surface area contributed by atoms with E-state index in [1.807, 2.05) is 0 Å². The van der Waals surface area contributed by atoms with Gasteiger partial charge in [-0.2, -0.15) is 0 Å². The van der Waals surface area contributed by atoms with Crippen LogP contribution < -0.4 is 14.3 Å². The van der Waals surface area contributed by atoms with Gasteiger partial charge >= 0.3 is 212 Å². The SMILES string of the molecule is O=[N+]([O-])[O][Sn]([O][Sn]([O][N+](=O)[O-])([c]1ccccc1)[c]1ccccc1)([c]1ccccc1)[c]1ccccc1. The van der Waals surface area contributed by atoms with Gasteiger partial charge in [0.2, 0.25) is 0 Å². The van der Waals surface area contributed by atoms with E-state index in [0.717, 1.165) is 0 Å². The van der Waals surface area contributed by atoms with Gasteiger partial charge in [0, 0.05) is 0 Å². The van der Waals surface area contributed by atoms with Crippen LogP contribution in [0, 0.1) is 20.2 Å². The van der Waals surface area contributed by atoms with Crippen LogP contribution in [0.1, 0.15) is 0 Å². The van der Waals surface area contributed by atoms with Crippen molar-refractivity contribution in [1.29, 1.82) is 0 Å². The van der Waals surface area contributed by atoms with Crippen LogP contribution in [-0.2, 0) is 7.76 Å². The molecule has 0 bridgehead atoms. The van der Waals surface area contributed by atoms with E-state index in [1.54, 1.807) is 121 Å². The fraction of sp³-hybridized carbons (Fsp3) is 0. The molecule has 0 saturated carbocycles. The molecular weight excluding hydrogens is 666 g/mol. The Labute approximate surface area is 211 Å². The first-order valence-electron chi connectivity index (χ1n) is 10.6. The Bertz CT molecular complexity index is 1100. The minimum atomic E-state index is -5.27. The quantitative estimate of drug-likeness (QED) is 0.143. The van der Waals surface area contributed by atoms with Gasteiger partial charge in [0.1, 0.15) is 0 Å². The summed E-state index contributed by atoms with van der Waals surface area (Å²) in [4.78, 5) is 23.9. The Morgan fingerprint density at radius 3 is 0.886 bits per heavy atom. The number of hydrogen-bond donors (Lipinski definition) is 0. The van der Waals surface area contributed by atoms with E-state index in [1.165, 1.54) is 0 Å². The van der Waals surface area contributed by atoms with Gasteiger partial charge in [-0.15, -0.1) is 0 Å². The molecule has 0 N–H and O–H groups in total. The van der Waals surface area contributed by atoms with Crippen molar-refractivity contribution in [2.75, 3.05) is 0 Å². The van der Waals surface area contributed by atoms with Gasteiger partial charge in [-0.1, -0.05) is 0 Å². The van der Waals surface area contributed by atoms with Gasteiger partial charge in [0.15, 0.2) is 0 Å². The Balaban J connectivity index is 2.07. The number of benzene rings is 4.